The van der Waals surface area contributed by atoms with Crippen LogP contribution in [-0.2, 0) is 6.42 Å². The maximum atomic E-state index is 13.6. The van der Waals surface area contributed by atoms with Gasteiger partial charge in [-0.1, -0.05) is 23.7 Å². The Labute approximate surface area is 101 Å². The van der Waals surface area contributed by atoms with Crippen LogP contribution in [0.4, 0.5) is 4.39 Å². The van der Waals surface area contributed by atoms with Crippen LogP contribution >= 0.6 is 11.6 Å². The van der Waals surface area contributed by atoms with Gasteiger partial charge in [0.05, 0.1) is 5.02 Å². The quantitative estimate of drug-likeness (QED) is 0.833. The maximum Gasteiger partial charge on any atom is 0.144 e. The van der Waals surface area contributed by atoms with E-state index < -0.39 is 0 Å². The zero-order chi connectivity index (χ0) is 11.5. The molecular weight excluding hydrogens is 225 g/mol. The van der Waals surface area contributed by atoms with Crippen molar-refractivity contribution in [2.75, 3.05) is 7.05 Å². The van der Waals surface area contributed by atoms with Crippen molar-refractivity contribution >= 4 is 11.6 Å². The lowest BCUT2D eigenvalue weighted by atomic mass is 10.0. The Kier molecular flexibility index (Phi) is 3.82. The molecule has 3 heteroatoms. The van der Waals surface area contributed by atoms with Crippen molar-refractivity contribution in [1.82, 2.24) is 5.32 Å². The molecule has 1 atom stereocenters. The summed E-state index contributed by atoms with van der Waals surface area (Å²) in [7, 11) is 1.98. The van der Waals surface area contributed by atoms with Crippen molar-refractivity contribution in [2.24, 2.45) is 5.92 Å². The molecule has 1 nitrogen and oxygen atoms in total. The number of rotatable bonds is 5. The standard InChI is InChI=1S/C13H17ClFN/c1-16-12(9-5-6-9)8-7-10-3-2-4-11(14)13(10)15/h2-4,9,12,16H,5-8H2,1H3. The van der Waals surface area contributed by atoms with Crippen LogP contribution in [0.2, 0.25) is 5.02 Å². The summed E-state index contributed by atoms with van der Waals surface area (Å²) in [6.45, 7) is 0. The van der Waals surface area contributed by atoms with E-state index in [1.165, 1.54) is 12.8 Å². The summed E-state index contributed by atoms with van der Waals surface area (Å²) in [5.41, 5.74) is 0.730. The third-order valence-corrected chi connectivity index (χ3v) is 3.61. The Hall–Kier alpha value is -0.600. The minimum absolute atomic E-state index is 0.227. The number of hydrogen-bond acceptors (Lipinski definition) is 1. The van der Waals surface area contributed by atoms with Gasteiger partial charge in [0.2, 0.25) is 0 Å². The van der Waals surface area contributed by atoms with E-state index in [0.717, 1.165) is 24.3 Å². The van der Waals surface area contributed by atoms with Crippen LogP contribution < -0.4 is 5.32 Å². The van der Waals surface area contributed by atoms with Gasteiger partial charge < -0.3 is 5.32 Å². The second-order valence-electron chi connectivity index (χ2n) is 4.48. The Morgan fingerprint density at radius 3 is 2.88 bits per heavy atom. The highest BCUT2D eigenvalue weighted by atomic mass is 35.5. The Bertz CT molecular complexity index is 363. The molecule has 1 aromatic rings. The van der Waals surface area contributed by atoms with Crippen LogP contribution in [0.1, 0.15) is 24.8 Å². The van der Waals surface area contributed by atoms with E-state index in [-0.39, 0.29) is 10.8 Å². The van der Waals surface area contributed by atoms with Crippen LogP contribution in [0.25, 0.3) is 0 Å². The average molecular weight is 242 g/mol. The van der Waals surface area contributed by atoms with Crippen LogP contribution in [0.5, 0.6) is 0 Å². The predicted octanol–water partition coefficient (Wildman–Crippen LogP) is 3.41. The summed E-state index contributed by atoms with van der Waals surface area (Å²) in [5, 5.41) is 3.54. The summed E-state index contributed by atoms with van der Waals surface area (Å²) in [6.07, 6.45) is 4.36. The number of hydrogen-bond donors (Lipinski definition) is 1. The fraction of sp³-hybridized carbons (Fsp3) is 0.538. The molecule has 0 bridgehead atoms. The second kappa shape index (κ2) is 5.15. The lowest BCUT2D eigenvalue weighted by Crippen LogP contribution is -2.27. The van der Waals surface area contributed by atoms with E-state index >= 15 is 0 Å². The molecule has 0 radical (unpaired) electrons. The van der Waals surface area contributed by atoms with Crippen LogP contribution in [-0.4, -0.2) is 13.1 Å². The van der Waals surface area contributed by atoms with Crippen LogP contribution in [0.3, 0.4) is 0 Å². The van der Waals surface area contributed by atoms with E-state index in [4.69, 9.17) is 11.6 Å². The molecule has 0 aliphatic heterocycles. The highest BCUT2D eigenvalue weighted by molar-refractivity contribution is 6.30. The minimum Gasteiger partial charge on any atom is -0.317 e. The van der Waals surface area contributed by atoms with Crippen LogP contribution in [0.15, 0.2) is 18.2 Å². The average Bonchev–Trinajstić information content (AvgIpc) is 3.09. The second-order valence-corrected chi connectivity index (χ2v) is 4.89. The number of aryl methyl sites for hydroxylation is 1. The van der Waals surface area contributed by atoms with E-state index in [2.05, 4.69) is 5.32 Å². The van der Waals surface area contributed by atoms with Crippen molar-refractivity contribution < 1.29 is 4.39 Å². The van der Waals surface area contributed by atoms with Crippen molar-refractivity contribution in [2.45, 2.75) is 31.7 Å². The van der Waals surface area contributed by atoms with E-state index in [1.54, 1.807) is 6.07 Å². The first-order valence-corrected chi connectivity index (χ1v) is 6.20. The first-order chi connectivity index (χ1) is 7.72. The molecule has 1 N–H and O–H groups in total. The number of benzene rings is 1. The van der Waals surface area contributed by atoms with E-state index in [1.807, 2.05) is 19.2 Å². The van der Waals surface area contributed by atoms with Gasteiger partial charge in [-0.3, -0.25) is 0 Å². The molecule has 1 fully saturated rings. The zero-order valence-electron chi connectivity index (χ0n) is 9.47. The van der Waals surface area contributed by atoms with Gasteiger partial charge >= 0.3 is 0 Å². The summed E-state index contributed by atoms with van der Waals surface area (Å²) in [5.74, 6) is 0.544. The summed E-state index contributed by atoms with van der Waals surface area (Å²) in [6, 6.07) is 5.75. The van der Waals surface area contributed by atoms with Crippen molar-refractivity contribution in [3.8, 4) is 0 Å². The Morgan fingerprint density at radius 1 is 1.50 bits per heavy atom. The molecule has 0 heterocycles. The SMILES string of the molecule is CNC(CCc1cccc(Cl)c1F)C1CC1. The molecule has 0 amide bonds. The molecule has 0 spiro atoms. The molecule has 0 saturated heterocycles. The van der Waals surface area contributed by atoms with Gasteiger partial charge in [0, 0.05) is 6.04 Å². The topological polar surface area (TPSA) is 12.0 Å². The van der Waals surface area contributed by atoms with Crippen molar-refractivity contribution in [1.29, 1.82) is 0 Å². The fourth-order valence-electron chi connectivity index (χ4n) is 2.17. The van der Waals surface area contributed by atoms with Gasteiger partial charge in [0.25, 0.3) is 0 Å². The first kappa shape index (κ1) is 11.9. The molecule has 0 aromatic heterocycles. The Balaban J connectivity index is 1.95. The zero-order valence-corrected chi connectivity index (χ0v) is 10.2. The number of nitrogens with one attached hydrogen (secondary N) is 1. The molecule has 1 unspecified atom stereocenters. The van der Waals surface area contributed by atoms with Crippen molar-refractivity contribution in [3.05, 3.63) is 34.6 Å². The minimum atomic E-state index is -0.255. The highest BCUT2D eigenvalue weighted by Gasteiger charge is 2.29. The van der Waals surface area contributed by atoms with Gasteiger partial charge in [0.15, 0.2) is 0 Å². The number of halogens is 2. The van der Waals surface area contributed by atoms with E-state index in [0.29, 0.717) is 6.04 Å². The largest absolute Gasteiger partial charge is 0.317 e. The first-order valence-electron chi connectivity index (χ1n) is 5.82. The molecule has 1 aliphatic rings. The third kappa shape index (κ3) is 2.74. The summed E-state index contributed by atoms with van der Waals surface area (Å²) >= 11 is 5.75. The molecule has 1 aliphatic carbocycles. The lowest BCUT2D eigenvalue weighted by molar-refractivity contribution is 0.465. The predicted molar refractivity (Wildman–Crippen MR) is 65.3 cm³/mol. The lowest BCUT2D eigenvalue weighted by Gasteiger charge is -2.15. The fourth-order valence-corrected chi connectivity index (χ4v) is 2.36. The van der Waals surface area contributed by atoms with Crippen molar-refractivity contribution in [3.63, 3.8) is 0 Å². The van der Waals surface area contributed by atoms with Gasteiger partial charge in [-0.25, -0.2) is 4.39 Å². The summed E-state index contributed by atoms with van der Waals surface area (Å²) < 4.78 is 13.6. The molecule has 88 valence electrons. The van der Waals surface area contributed by atoms with Gasteiger partial charge in [-0.2, -0.15) is 0 Å². The molecular formula is C13H17ClFN. The third-order valence-electron chi connectivity index (χ3n) is 3.32. The van der Waals surface area contributed by atoms with Gasteiger partial charge in [-0.15, -0.1) is 0 Å². The highest BCUT2D eigenvalue weighted by Crippen LogP contribution is 2.34. The molecule has 1 saturated carbocycles. The summed E-state index contributed by atoms with van der Waals surface area (Å²) in [4.78, 5) is 0. The Morgan fingerprint density at radius 2 is 2.25 bits per heavy atom. The van der Waals surface area contributed by atoms with E-state index in [9.17, 15) is 4.39 Å². The monoisotopic (exact) mass is 241 g/mol. The van der Waals surface area contributed by atoms with Gasteiger partial charge in [-0.05, 0) is 50.3 Å². The smallest absolute Gasteiger partial charge is 0.144 e. The molecule has 16 heavy (non-hydrogen) atoms. The molecule has 2 rings (SSSR count). The molecule has 1 aromatic carbocycles. The maximum absolute atomic E-state index is 13.6. The van der Waals surface area contributed by atoms with Crippen LogP contribution in [0, 0.1) is 11.7 Å². The normalized spacial score (nSPS) is 17.4. The van der Waals surface area contributed by atoms with Gasteiger partial charge in [0.1, 0.15) is 5.82 Å².